The lowest BCUT2D eigenvalue weighted by Gasteiger charge is -2.16. The first-order valence-electron chi connectivity index (χ1n) is 10.1. The average Bonchev–Trinajstić information content (AvgIpc) is 3.21. The number of benzene rings is 2. The van der Waals surface area contributed by atoms with Crippen molar-refractivity contribution >= 4 is 72.9 Å². The summed E-state index contributed by atoms with van der Waals surface area (Å²) >= 11 is 11.4. The van der Waals surface area contributed by atoms with E-state index in [9.17, 15) is 14.9 Å². The Morgan fingerprint density at radius 2 is 1.89 bits per heavy atom. The van der Waals surface area contributed by atoms with Crippen LogP contribution >= 0.6 is 50.1 Å². The van der Waals surface area contributed by atoms with E-state index in [0.717, 1.165) is 13.6 Å². The Hall–Kier alpha value is -3.01. The van der Waals surface area contributed by atoms with Gasteiger partial charge in [-0.15, -0.1) is 0 Å². The second-order valence-electron chi connectivity index (χ2n) is 7.39. The predicted molar refractivity (Wildman–Crippen MR) is 141 cm³/mol. The number of H-pyrrole nitrogens is 1. The molecule has 0 fully saturated rings. The first-order chi connectivity index (χ1) is 16.7. The zero-order chi connectivity index (χ0) is 25.1. The van der Waals surface area contributed by atoms with Gasteiger partial charge in [0.15, 0.2) is 29.2 Å². The number of rotatable bonds is 8. The van der Waals surface area contributed by atoms with Gasteiger partial charge in [-0.3, -0.25) is 9.59 Å². The van der Waals surface area contributed by atoms with Gasteiger partial charge in [-0.05, 0) is 94.0 Å². The molecule has 0 aliphatic heterocycles. The third kappa shape index (κ3) is 5.98. The van der Waals surface area contributed by atoms with E-state index in [-0.39, 0.29) is 11.6 Å². The highest BCUT2D eigenvalue weighted by atomic mass is 127. The predicted octanol–water partition coefficient (Wildman–Crippen LogP) is 6.13. The molecule has 0 spiro atoms. The molecular formula is C24H15BrClIN4O4. The Balaban J connectivity index is 1.42. The zero-order valence-corrected chi connectivity index (χ0v) is 22.5. The number of hydrogen-bond donors (Lipinski definition) is 1. The molecule has 2 atom stereocenters. The molecule has 2 aromatic heterocycles. The number of ketones is 2. The van der Waals surface area contributed by atoms with Gasteiger partial charge in [0.05, 0.1) is 11.6 Å². The molecule has 0 radical (unpaired) electrons. The second kappa shape index (κ2) is 10.7. The second-order valence-corrected chi connectivity index (χ2v) is 9.98. The summed E-state index contributed by atoms with van der Waals surface area (Å²) in [6, 6.07) is 15.1. The summed E-state index contributed by atoms with van der Waals surface area (Å²) in [7, 11) is 0. The summed E-state index contributed by atoms with van der Waals surface area (Å²) in [5.41, 5.74) is 1.43. The molecule has 0 bridgehead atoms. The van der Waals surface area contributed by atoms with Crippen molar-refractivity contribution in [3.63, 3.8) is 0 Å². The van der Waals surface area contributed by atoms with Gasteiger partial charge in [-0.1, -0.05) is 11.6 Å². The zero-order valence-electron chi connectivity index (χ0n) is 18.0. The number of halogens is 3. The molecular weight excluding hydrogens is 651 g/mol. The molecule has 0 amide bonds. The SMILES string of the molecule is CC(Oc1ccc(Oc2nc3ncc(Br)cc3[nH]2)cc1)C(=O)C(C#N)C(=O)c1cc(Cl)cc(I)c1. The number of ether oxygens (including phenoxy) is 2. The van der Waals surface area contributed by atoms with E-state index < -0.39 is 23.6 Å². The number of aromatic nitrogens is 3. The fraction of sp³-hybridized carbons (Fsp3) is 0.125. The number of imidazole rings is 1. The maximum atomic E-state index is 12.8. The van der Waals surface area contributed by atoms with Crippen molar-refractivity contribution in [2.75, 3.05) is 0 Å². The van der Waals surface area contributed by atoms with Crippen LogP contribution in [0.3, 0.4) is 0 Å². The smallest absolute Gasteiger partial charge is 0.301 e. The Labute approximate surface area is 226 Å². The molecule has 2 unspecified atom stereocenters. The molecule has 0 saturated heterocycles. The number of carbonyl (C=O) groups is 2. The highest BCUT2D eigenvalue weighted by Gasteiger charge is 2.32. The van der Waals surface area contributed by atoms with Crippen LogP contribution in [0.15, 0.2) is 59.2 Å². The van der Waals surface area contributed by atoms with Crippen molar-refractivity contribution in [1.29, 1.82) is 5.26 Å². The Morgan fingerprint density at radius 3 is 2.57 bits per heavy atom. The number of pyridine rings is 1. The first-order valence-corrected chi connectivity index (χ1v) is 12.4. The molecule has 4 aromatic rings. The molecule has 11 heteroatoms. The molecule has 0 aliphatic rings. The number of nitriles is 1. The Morgan fingerprint density at radius 1 is 1.17 bits per heavy atom. The number of fused-ring (bicyclic) bond motifs is 1. The first kappa shape index (κ1) is 25.1. The van der Waals surface area contributed by atoms with E-state index in [1.54, 1.807) is 48.7 Å². The largest absolute Gasteiger partial charge is 0.483 e. The van der Waals surface area contributed by atoms with Gasteiger partial charge >= 0.3 is 6.01 Å². The molecule has 1 N–H and O–H groups in total. The van der Waals surface area contributed by atoms with Gasteiger partial charge in [0, 0.05) is 24.8 Å². The van der Waals surface area contributed by atoms with Crippen LogP contribution in [0.1, 0.15) is 17.3 Å². The van der Waals surface area contributed by atoms with Gasteiger partial charge < -0.3 is 14.5 Å². The van der Waals surface area contributed by atoms with E-state index in [0.29, 0.717) is 22.2 Å². The third-order valence-corrected chi connectivity index (χ3v) is 6.13. The lowest BCUT2D eigenvalue weighted by atomic mass is 9.92. The van der Waals surface area contributed by atoms with Crippen LogP contribution in [-0.4, -0.2) is 32.6 Å². The Kier molecular flexibility index (Phi) is 7.69. The highest BCUT2D eigenvalue weighted by Crippen LogP contribution is 2.26. The summed E-state index contributed by atoms with van der Waals surface area (Å²) in [4.78, 5) is 37.1. The third-order valence-electron chi connectivity index (χ3n) is 4.86. The van der Waals surface area contributed by atoms with Crippen molar-refractivity contribution in [2.45, 2.75) is 13.0 Å². The van der Waals surface area contributed by atoms with Gasteiger partial charge in [-0.25, -0.2) is 4.98 Å². The number of aromatic amines is 1. The molecule has 176 valence electrons. The molecule has 2 heterocycles. The summed E-state index contributed by atoms with van der Waals surface area (Å²) in [6.07, 6.45) is 0.607. The quantitative estimate of drug-likeness (QED) is 0.137. The number of Topliss-reactive ketones (excluding diaryl/α,β-unsaturated/α-hetero) is 2. The van der Waals surface area contributed by atoms with Crippen LogP contribution in [0.2, 0.25) is 5.02 Å². The maximum absolute atomic E-state index is 12.8. The molecule has 35 heavy (non-hydrogen) atoms. The average molecular weight is 666 g/mol. The van der Waals surface area contributed by atoms with Crippen LogP contribution < -0.4 is 9.47 Å². The lowest BCUT2D eigenvalue weighted by Crippen LogP contribution is -2.34. The monoisotopic (exact) mass is 664 g/mol. The van der Waals surface area contributed by atoms with Crippen LogP contribution in [0, 0.1) is 20.8 Å². The highest BCUT2D eigenvalue weighted by molar-refractivity contribution is 14.1. The summed E-state index contributed by atoms with van der Waals surface area (Å²) in [6.45, 7) is 1.49. The van der Waals surface area contributed by atoms with Crippen molar-refractivity contribution in [3.8, 4) is 23.6 Å². The summed E-state index contributed by atoms with van der Waals surface area (Å²) in [5.74, 6) is -1.92. The number of nitrogens with one attached hydrogen (secondary N) is 1. The number of carbonyl (C=O) groups excluding carboxylic acids is 2. The van der Waals surface area contributed by atoms with Crippen molar-refractivity contribution in [1.82, 2.24) is 15.0 Å². The maximum Gasteiger partial charge on any atom is 0.301 e. The van der Waals surface area contributed by atoms with Crippen molar-refractivity contribution in [3.05, 3.63) is 73.4 Å². The van der Waals surface area contributed by atoms with Crippen LogP contribution in [-0.2, 0) is 4.79 Å². The van der Waals surface area contributed by atoms with E-state index >= 15 is 0 Å². The minimum atomic E-state index is -1.51. The fourth-order valence-electron chi connectivity index (χ4n) is 3.21. The number of nitrogens with zero attached hydrogens (tertiary/aromatic N) is 3. The summed E-state index contributed by atoms with van der Waals surface area (Å²) in [5, 5.41) is 9.86. The van der Waals surface area contributed by atoms with Crippen LogP contribution in [0.4, 0.5) is 0 Å². The fourth-order valence-corrected chi connectivity index (χ4v) is 4.63. The van der Waals surface area contributed by atoms with Gasteiger partial charge in [0.25, 0.3) is 0 Å². The molecule has 4 rings (SSSR count). The Bertz CT molecular complexity index is 1450. The molecule has 8 nitrogen and oxygen atoms in total. The minimum absolute atomic E-state index is 0.198. The lowest BCUT2D eigenvalue weighted by molar-refractivity contribution is -0.126. The van der Waals surface area contributed by atoms with E-state index in [4.69, 9.17) is 21.1 Å². The minimum Gasteiger partial charge on any atom is -0.483 e. The normalized spacial score (nSPS) is 12.5. The molecule has 0 aliphatic carbocycles. The van der Waals surface area contributed by atoms with Crippen molar-refractivity contribution < 1.29 is 19.1 Å². The number of hydrogen-bond acceptors (Lipinski definition) is 7. The van der Waals surface area contributed by atoms with Crippen molar-refractivity contribution in [2.24, 2.45) is 5.92 Å². The summed E-state index contributed by atoms with van der Waals surface area (Å²) < 4.78 is 12.9. The molecule has 0 saturated carbocycles. The van der Waals surface area contributed by atoms with E-state index in [1.807, 2.05) is 28.7 Å². The van der Waals surface area contributed by atoms with Crippen LogP contribution in [0.25, 0.3) is 11.2 Å². The van der Waals surface area contributed by atoms with Crippen LogP contribution in [0.5, 0.6) is 17.5 Å². The molecule has 2 aromatic carbocycles. The van der Waals surface area contributed by atoms with Gasteiger partial charge in [0.1, 0.15) is 11.5 Å². The van der Waals surface area contributed by atoms with E-state index in [2.05, 4.69) is 30.9 Å². The van der Waals surface area contributed by atoms with Gasteiger partial charge in [-0.2, -0.15) is 10.2 Å². The van der Waals surface area contributed by atoms with E-state index in [1.165, 1.54) is 13.0 Å². The topological polar surface area (TPSA) is 118 Å². The van der Waals surface area contributed by atoms with Gasteiger partial charge in [0.2, 0.25) is 0 Å². The standard InChI is InChI=1S/C24H15BrClIN4O4/c1-12(21(32)19(10-28)22(33)13-6-15(26)9-16(27)7-13)34-17-2-4-18(5-3-17)35-24-30-20-8-14(25)11-29-23(20)31-24/h2-9,11-12,19H,1H3,(H,29,30,31).